The van der Waals surface area contributed by atoms with E-state index in [2.05, 4.69) is 6.92 Å². The van der Waals surface area contributed by atoms with Gasteiger partial charge in [0.25, 0.3) is 0 Å². The quantitative estimate of drug-likeness (QED) is 0.618. The predicted molar refractivity (Wildman–Crippen MR) is 83.8 cm³/mol. The molecule has 0 saturated carbocycles. The Hall–Kier alpha value is -1.33. The lowest BCUT2D eigenvalue weighted by Gasteiger charge is -1.99. The third kappa shape index (κ3) is 3.41. The average Bonchev–Trinajstić information content (AvgIpc) is 2.64. The Kier molecular flexibility index (Phi) is 4.83. The van der Waals surface area contributed by atoms with Crippen LogP contribution < -0.4 is 0 Å². The molecule has 1 aliphatic rings. The van der Waals surface area contributed by atoms with E-state index in [1.54, 1.807) is 12.1 Å². The smallest absolute Gasteiger partial charge is 0.211 e. The first-order chi connectivity index (χ1) is 9.54. The molecule has 0 bridgehead atoms. The van der Waals surface area contributed by atoms with Gasteiger partial charge in [0.15, 0.2) is 0 Å². The number of Topliss-reactive ketones (excluding diaryl/α,β-unsaturated/α-hetero) is 1. The van der Waals surface area contributed by atoms with E-state index in [9.17, 15) is 13.2 Å². The van der Waals surface area contributed by atoms with E-state index in [4.69, 9.17) is 0 Å². The lowest BCUT2D eigenvalue weighted by Crippen LogP contribution is -2.03. The van der Waals surface area contributed by atoms with Crippen LogP contribution in [0.2, 0.25) is 0 Å². The van der Waals surface area contributed by atoms with Gasteiger partial charge in [-0.1, -0.05) is 43.7 Å². The first-order valence-electron chi connectivity index (χ1n) is 6.45. The molecule has 0 saturated heterocycles. The van der Waals surface area contributed by atoms with Crippen molar-refractivity contribution in [3.63, 3.8) is 0 Å². The van der Waals surface area contributed by atoms with E-state index in [0.29, 0.717) is 10.5 Å². The lowest BCUT2D eigenvalue weighted by atomic mass is 10.2. The van der Waals surface area contributed by atoms with Crippen LogP contribution in [0, 0.1) is 0 Å². The topological polar surface area (TPSA) is 51.2 Å². The third-order valence-electron chi connectivity index (χ3n) is 2.87. The van der Waals surface area contributed by atoms with Crippen molar-refractivity contribution in [2.75, 3.05) is 5.75 Å². The van der Waals surface area contributed by atoms with E-state index in [-0.39, 0.29) is 10.7 Å². The maximum absolute atomic E-state index is 12.2. The summed E-state index contributed by atoms with van der Waals surface area (Å²) in [5, 5.41) is 1.10. The van der Waals surface area contributed by atoms with Crippen molar-refractivity contribution < 1.29 is 13.2 Å². The fraction of sp³-hybridized carbons (Fsp3) is 0.267. The number of allylic oxidation sites excluding steroid dienone is 2. The van der Waals surface area contributed by atoms with Gasteiger partial charge in [0.05, 0.1) is 10.3 Å². The van der Waals surface area contributed by atoms with Crippen LogP contribution in [0.4, 0.5) is 0 Å². The number of sulfone groups is 1. The molecule has 1 aliphatic heterocycles. The minimum absolute atomic E-state index is 0.123. The van der Waals surface area contributed by atoms with Crippen molar-refractivity contribution >= 4 is 33.5 Å². The zero-order valence-electron chi connectivity index (χ0n) is 11.2. The van der Waals surface area contributed by atoms with Crippen molar-refractivity contribution in [3.05, 3.63) is 51.1 Å². The summed E-state index contributed by atoms with van der Waals surface area (Å²) >= 11 is 1.32. The van der Waals surface area contributed by atoms with Gasteiger partial charge >= 0.3 is 0 Å². The van der Waals surface area contributed by atoms with E-state index >= 15 is 0 Å². The summed E-state index contributed by atoms with van der Waals surface area (Å²) in [6.45, 7) is 2.06. The second kappa shape index (κ2) is 6.41. The van der Waals surface area contributed by atoms with Crippen molar-refractivity contribution in [3.8, 4) is 0 Å². The highest BCUT2D eigenvalue weighted by molar-refractivity contribution is 8.07. The Morgan fingerprint density at radius 3 is 2.55 bits per heavy atom. The fourth-order valence-electron chi connectivity index (χ4n) is 1.78. The highest BCUT2D eigenvalue weighted by Crippen LogP contribution is 2.33. The second-order valence-corrected chi connectivity index (χ2v) is 7.38. The van der Waals surface area contributed by atoms with Gasteiger partial charge in [-0.25, -0.2) is 8.42 Å². The van der Waals surface area contributed by atoms with Gasteiger partial charge in [0.1, 0.15) is 4.91 Å². The number of carbonyl (C=O) groups excluding carboxylic acids is 1. The number of ketones is 1. The summed E-state index contributed by atoms with van der Waals surface area (Å²) in [7, 11) is -3.59. The standard InChI is InChI=1S/C15H16O3S2/c1-2-3-9-19-13-11-20(17,18)14(15(13)16)10-12-7-5-4-6-8-12/h4-8,10-11H,2-3,9H2,1H3. The molecule has 2 rings (SSSR count). The predicted octanol–water partition coefficient (Wildman–Crippen LogP) is 3.40. The first-order valence-corrected chi connectivity index (χ1v) is 8.99. The zero-order chi connectivity index (χ0) is 14.6. The van der Waals surface area contributed by atoms with Crippen molar-refractivity contribution in [1.82, 2.24) is 0 Å². The first kappa shape index (κ1) is 15.1. The second-order valence-electron chi connectivity index (χ2n) is 4.48. The average molecular weight is 308 g/mol. The summed E-state index contributed by atoms with van der Waals surface area (Å²) < 4.78 is 24.1. The summed E-state index contributed by atoms with van der Waals surface area (Å²) in [5.74, 6) is 0.386. The fourth-order valence-corrected chi connectivity index (χ4v) is 4.58. The number of rotatable bonds is 5. The van der Waals surface area contributed by atoms with Gasteiger partial charge in [-0.3, -0.25) is 4.79 Å². The Morgan fingerprint density at radius 1 is 1.20 bits per heavy atom. The number of hydrogen-bond donors (Lipinski definition) is 0. The molecule has 1 aromatic rings. The van der Waals surface area contributed by atoms with Crippen LogP contribution >= 0.6 is 11.8 Å². The molecule has 20 heavy (non-hydrogen) atoms. The van der Waals surface area contributed by atoms with E-state index in [0.717, 1.165) is 24.0 Å². The van der Waals surface area contributed by atoms with Gasteiger partial charge in [-0.15, -0.1) is 11.8 Å². The molecule has 0 aliphatic carbocycles. The zero-order valence-corrected chi connectivity index (χ0v) is 12.8. The summed E-state index contributed by atoms with van der Waals surface area (Å²) in [4.78, 5) is 12.4. The molecule has 0 aromatic heterocycles. The van der Waals surface area contributed by atoms with Gasteiger partial charge in [-0.2, -0.15) is 0 Å². The SMILES string of the molecule is CCCCSC1=CS(=O)(=O)C(=Cc2ccccc2)C1=O. The third-order valence-corrected chi connectivity index (χ3v) is 5.59. The number of benzene rings is 1. The lowest BCUT2D eigenvalue weighted by molar-refractivity contribution is -0.110. The van der Waals surface area contributed by atoms with E-state index < -0.39 is 9.84 Å². The van der Waals surface area contributed by atoms with Crippen molar-refractivity contribution in [1.29, 1.82) is 0 Å². The van der Waals surface area contributed by atoms with Gasteiger partial charge in [-0.05, 0) is 23.8 Å². The molecular weight excluding hydrogens is 292 g/mol. The van der Waals surface area contributed by atoms with Crippen molar-refractivity contribution in [2.45, 2.75) is 19.8 Å². The molecule has 0 radical (unpaired) electrons. The monoisotopic (exact) mass is 308 g/mol. The Morgan fingerprint density at radius 2 is 1.90 bits per heavy atom. The normalized spacial score (nSPS) is 19.4. The Balaban J connectivity index is 2.25. The van der Waals surface area contributed by atoms with Crippen LogP contribution in [0.5, 0.6) is 0 Å². The summed E-state index contributed by atoms with van der Waals surface area (Å²) in [6.07, 6.45) is 3.43. The Labute approximate surface area is 123 Å². The Bertz CT molecular complexity index is 656. The van der Waals surface area contributed by atoms with E-state index in [1.165, 1.54) is 17.8 Å². The van der Waals surface area contributed by atoms with Crippen LogP contribution in [0.3, 0.4) is 0 Å². The number of unbranched alkanes of at least 4 members (excludes halogenated alkanes) is 1. The summed E-state index contributed by atoms with van der Waals surface area (Å²) in [6, 6.07) is 9.01. The molecule has 1 aromatic carbocycles. The molecular formula is C15H16O3S2. The molecule has 0 amide bonds. The molecule has 106 valence electrons. The number of hydrogen-bond acceptors (Lipinski definition) is 4. The van der Waals surface area contributed by atoms with Crippen LogP contribution in [-0.2, 0) is 14.6 Å². The van der Waals surface area contributed by atoms with Crippen LogP contribution in [-0.4, -0.2) is 20.0 Å². The maximum atomic E-state index is 12.2. The molecule has 0 N–H and O–H groups in total. The molecule has 0 atom stereocenters. The summed E-state index contributed by atoms with van der Waals surface area (Å²) in [5.41, 5.74) is 0.715. The van der Waals surface area contributed by atoms with Gasteiger partial charge in [0.2, 0.25) is 15.6 Å². The van der Waals surface area contributed by atoms with Crippen molar-refractivity contribution in [2.24, 2.45) is 0 Å². The molecule has 5 heteroatoms. The molecule has 1 heterocycles. The number of carbonyl (C=O) groups is 1. The molecule has 0 unspecified atom stereocenters. The van der Waals surface area contributed by atoms with Gasteiger partial charge in [0, 0.05) is 0 Å². The van der Waals surface area contributed by atoms with Gasteiger partial charge < -0.3 is 0 Å². The van der Waals surface area contributed by atoms with Crippen LogP contribution in [0.1, 0.15) is 25.3 Å². The molecule has 3 nitrogen and oxygen atoms in total. The molecule has 0 fully saturated rings. The highest BCUT2D eigenvalue weighted by atomic mass is 32.2. The highest BCUT2D eigenvalue weighted by Gasteiger charge is 2.33. The van der Waals surface area contributed by atoms with Crippen LogP contribution in [0.25, 0.3) is 6.08 Å². The largest absolute Gasteiger partial charge is 0.287 e. The number of thioether (sulfide) groups is 1. The molecule has 0 spiro atoms. The minimum atomic E-state index is -3.59. The minimum Gasteiger partial charge on any atom is -0.287 e. The maximum Gasteiger partial charge on any atom is 0.211 e. The van der Waals surface area contributed by atoms with E-state index in [1.807, 2.05) is 18.2 Å². The van der Waals surface area contributed by atoms with Crippen LogP contribution in [0.15, 0.2) is 45.6 Å².